The van der Waals surface area contributed by atoms with Gasteiger partial charge in [0, 0.05) is 23.8 Å². The topological polar surface area (TPSA) is 83.5 Å². The summed E-state index contributed by atoms with van der Waals surface area (Å²) in [5.41, 5.74) is 1.73. The zero-order valence-electron chi connectivity index (χ0n) is 11.6. The van der Waals surface area contributed by atoms with Crippen molar-refractivity contribution in [3.05, 3.63) is 17.8 Å². The van der Waals surface area contributed by atoms with Crippen LogP contribution in [0.4, 0.5) is 10.5 Å². The predicted molar refractivity (Wildman–Crippen MR) is 74.0 cm³/mol. The first-order valence-electron chi connectivity index (χ1n) is 6.90. The van der Waals surface area contributed by atoms with E-state index in [0.717, 1.165) is 11.3 Å². The van der Waals surface area contributed by atoms with E-state index in [-0.39, 0.29) is 12.0 Å². The average Bonchev–Trinajstić information content (AvgIpc) is 3.24. The molecule has 1 aliphatic heterocycles. The number of nitrogens with zero attached hydrogens (tertiary/aromatic N) is 1. The van der Waals surface area contributed by atoms with Crippen LogP contribution in [0.1, 0.15) is 31.4 Å². The van der Waals surface area contributed by atoms with Gasteiger partial charge in [0.25, 0.3) is 0 Å². The smallest absolute Gasteiger partial charge is 0.405 e. The highest BCUT2D eigenvalue weighted by atomic mass is 16.5. The number of carboxylic acid groups (broad SMARTS) is 1. The molecule has 0 unspecified atom stereocenters. The molecule has 20 heavy (non-hydrogen) atoms. The van der Waals surface area contributed by atoms with Gasteiger partial charge in [-0.3, -0.25) is 0 Å². The van der Waals surface area contributed by atoms with Crippen molar-refractivity contribution in [3.63, 3.8) is 0 Å². The minimum atomic E-state index is -1.02. The number of hydrogen-bond donors (Lipinski definition) is 3. The van der Waals surface area contributed by atoms with Gasteiger partial charge in [-0.15, -0.1) is 0 Å². The lowest BCUT2D eigenvalue weighted by atomic mass is 9.82. The van der Waals surface area contributed by atoms with Crippen molar-refractivity contribution in [2.24, 2.45) is 11.8 Å². The van der Waals surface area contributed by atoms with Gasteiger partial charge in [0.05, 0.1) is 18.7 Å². The third-order valence-electron chi connectivity index (χ3n) is 4.28. The number of fused-ring (bicyclic) bond motifs is 1. The highest BCUT2D eigenvalue weighted by Crippen LogP contribution is 2.47. The Morgan fingerprint density at radius 3 is 2.90 bits per heavy atom. The van der Waals surface area contributed by atoms with E-state index in [2.05, 4.69) is 22.5 Å². The summed E-state index contributed by atoms with van der Waals surface area (Å²) in [4.78, 5) is 15.3. The Balaban J connectivity index is 2.03. The molecule has 1 saturated carbocycles. The normalized spacial score (nSPS) is 28.2. The number of pyridine rings is 1. The van der Waals surface area contributed by atoms with E-state index >= 15 is 0 Å². The first kappa shape index (κ1) is 13.0. The number of anilines is 1. The number of carbonyl (C=O) groups is 1. The number of rotatable bonds is 3. The van der Waals surface area contributed by atoms with Gasteiger partial charge in [0.2, 0.25) is 5.88 Å². The van der Waals surface area contributed by atoms with Crippen molar-refractivity contribution in [2.45, 2.75) is 31.8 Å². The zero-order chi connectivity index (χ0) is 14.3. The second-order valence-corrected chi connectivity index (χ2v) is 5.58. The van der Waals surface area contributed by atoms with E-state index in [9.17, 15) is 4.79 Å². The van der Waals surface area contributed by atoms with Crippen LogP contribution in [-0.2, 0) is 0 Å². The van der Waals surface area contributed by atoms with Crippen LogP contribution in [0.5, 0.6) is 5.88 Å². The molecule has 1 amide bonds. The largest absolute Gasteiger partial charge is 0.481 e. The molecule has 2 aliphatic rings. The van der Waals surface area contributed by atoms with E-state index in [1.165, 1.54) is 12.8 Å². The van der Waals surface area contributed by atoms with Gasteiger partial charge in [0.1, 0.15) is 0 Å². The summed E-state index contributed by atoms with van der Waals surface area (Å²) < 4.78 is 5.30. The van der Waals surface area contributed by atoms with E-state index in [4.69, 9.17) is 9.84 Å². The van der Waals surface area contributed by atoms with Crippen LogP contribution in [-0.4, -0.2) is 29.3 Å². The van der Waals surface area contributed by atoms with E-state index < -0.39 is 6.09 Å². The summed E-state index contributed by atoms with van der Waals surface area (Å²) >= 11 is 0. The van der Waals surface area contributed by atoms with Gasteiger partial charge in [-0.05, 0) is 24.8 Å². The summed E-state index contributed by atoms with van der Waals surface area (Å²) in [7, 11) is 1.55. The van der Waals surface area contributed by atoms with Crippen LogP contribution in [0.3, 0.4) is 0 Å². The molecule has 3 rings (SSSR count). The molecule has 3 N–H and O–H groups in total. The van der Waals surface area contributed by atoms with Gasteiger partial charge < -0.3 is 20.5 Å². The number of ether oxygens (including phenoxy) is 1. The molecule has 1 aromatic heterocycles. The Labute approximate surface area is 117 Å². The lowest BCUT2D eigenvalue weighted by Gasteiger charge is -2.39. The molecular formula is C14H19N3O3. The van der Waals surface area contributed by atoms with E-state index in [1.807, 2.05) is 6.07 Å². The first-order valence-corrected chi connectivity index (χ1v) is 6.90. The van der Waals surface area contributed by atoms with Crippen molar-refractivity contribution in [1.82, 2.24) is 10.3 Å². The van der Waals surface area contributed by atoms with Crippen LogP contribution in [0.15, 0.2) is 12.3 Å². The average molecular weight is 277 g/mol. The van der Waals surface area contributed by atoms with Crippen molar-refractivity contribution in [1.29, 1.82) is 0 Å². The number of hydrogen-bond acceptors (Lipinski definition) is 4. The van der Waals surface area contributed by atoms with Crippen LogP contribution in [0, 0.1) is 11.8 Å². The van der Waals surface area contributed by atoms with Crippen LogP contribution >= 0.6 is 0 Å². The number of methoxy groups -OCH3 is 1. The summed E-state index contributed by atoms with van der Waals surface area (Å²) in [6.07, 6.45) is 3.08. The summed E-state index contributed by atoms with van der Waals surface area (Å²) in [5.74, 6) is 1.27. The maximum absolute atomic E-state index is 11.1. The molecule has 0 spiro atoms. The minimum Gasteiger partial charge on any atom is -0.481 e. The second kappa shape index (κ2) is 4.85. The summed E-state index contributed by atoms with van der Waals surface area (Å²) in [6, 6.07) is 1.89. The first-order chi connectivity index (χ1) is 9.61. The molecule has 1 aromatic rings. The standard InChI is InChI=1S/C14H19N3O3/c1-7-11(8-3-4-8)16-9-5-6-15-13(20-2)10(9)12(7)17-14(18)19/h5-8,11-12,16-17H,3-4H2,1-2H3,(H,18,19)/t7-,11+,12+/m0/s1. The Hall–Kier alpha value is -1.98. The molecule has 0 saturated heterocycles. The number of nitrogens with one attached hydrogen (secondary N) is 2. The third-order valence-corrected chi connectivity index (χ3v) is 4.28. The fourth-order valence-electron chi connectivity index (χ4n) is 3.16. The number of amides is 1. The molecule has 1 fully saturated rings. The molecule has 2 heterocycles. The zero-order valence-corrected chi connectivity index (χ0v) is 11.6. The van der Waals surface area contributed by atoms with E-state index in [1.54, 1.807) is 13.3 Å². The maximum atomic E-state index is 11.1. The highest BCUT2D eigenvalue weighted by Gasteiger charge is 2.43. The molecule has 6 heteroatoms. The Kier molecular flexibility index (Phi) is 3.16. The van der Waals surface area contributed by atoms with Crippen molar-refractivity contribution < 1.29 is 14.6 Å². The van der Waals surface area contributed by atoms with Crippen LogP contribution < -0.4 is 15.4 Å². The minimum absolute atomic E-state index is 0.157. The molecule has 0 bridgehead atoms. The SMILES string of the molecule is COc1nccc2c1[C@H](NC(=O)O)[C@@H](C)[C@H](C1CC1)N2. The summed E-state index contributed by atoms with van der Waals surface area (Å²) in [6.45, 7) is 2.08. The molecule has 0 aromatic carbocycles. The molecule has 6 nitrogen and oxygen atoms in total. The molecule has 3 atom stereocenters. The van der Waals surface area contributed by atoms with Gasteiger partial charge in [-0.1, -0.05) is 6.92 Å². The van der Waals surface area contributed by atoms with Gasteiger partial charge in [-0.25, -0.2) is 9.78 Å². The fraction of sp³-hybridized carbons (Fsp3) is 0.571. The van der Waals surface area contributed by atoms with Crippen molar-refractivity contribution >= 4 is 11.8 Å². The summed E-state index contributed by atoms with van der Waals surface area (Å²) in [5, 5.41) is 15.3. The van der Waals surface area contributed by atoms with E-state index in [0.29, 0.717) is 17.8 Å². The quantitative estimate of drug-likeness (QED) is 0.789. The van der Waals surface area contributed by atoms with Gasteiger partial charge in [0.15, 0.2) is 0 Å². The Morgan fingerprint density at radius 2 is 2.30 bits per heavy atom. The monoisotopic (exact) mass is 277 g/mol. The number of aromatic nitrogens is 1. The molecular weight excluding hydrogens is 258 g/mol. The van der Waals surface area contributed by atoms with Crippen LogP contribution in [0.2, 0.25) is 0 Å². The lowest BCUT2D eigenvalue weighted by Crippen LogP contribution is -2.44. The van der Waals surface area contributed by atoms with Gasteiger partial charge in [-0.2, -0.15) is 0 Å². The fourth-order valence-corrected chi connectivity index (χ4v) is 3.16. The Bertz CT molecular complexity index is 530. The molecule has 1 aliphatic carbocycles. The second-order valence-electron chi connectivity index (χ2n) is 5.58. The lowest BCUT2D eigenvalue weighted by molar-refractivity contribution is 0.181. The van der Waals surface area contributed by atoms with Crippen molar-refractivity contribution in [2.75, 3.05) is 12.4 Å². The maximum Gasteiger partial charge on any atom is 0.405 e. The Morgan fingerprint density at radius 1 is 1.55 bits per heavy atom. The van der Waals surface area contributed by atoms with Gasteiger partial charge >= 0.3 is 6.09 Å². The predicted octanol–water partition coefficient (Wildman–Crippen LogP) is 2.24. The highest BCUT2D eigenvalue weighted by molar-refractivity contribution is 5.68. The third kappa shape index (κ3) is 2.15. The van der Waals surface area contributed by atoms with Crippen LogP contribution in [0.25, 0.3) is 0 Å². The molecule has 0 radical (unpaired) electrons. The molecule has 108 valence electrons. The van der Waals surface area contributed by atoms with Crippen molar-refractivity contribution in [3.8, 4) is 5.88 Å².